The number of benzene rings is 1. The highest BCUT2D eigenvalue weighted by molar-refractivity contribution is 6.31. The molecule has 1 aliphatic heterocycles. The van der Waals surface area contributed by atoms with Crippen molar-refractivity contribution in [2.75, 3.05) is 25.4 Å². The number of nitrogen functional groups attached to an aromatic ring is 1. The molecule has 17 heavy (non-hydrogen) atoms. The van der Waals surface area contributed by atoms with Crippen LogP contribution in [0, 0.1) is 5.92 Å². The van der Waals surface area contributed by atoms with E-state index in [9.17, 15) is 4.79 Å². The van der Waals surface area contributed by atoms with Crippen LogP contribution in [0.1, 0.15) is 16.8 Å². The maximum Gasteiger partial charge on any atom is 0.255 e. The molecule has 1 aliphatic rings. The van der Waals surface area contributed by atoms with Crippen molar-refractivity contribution in [3.63, 3.8) is 0 Å². The molecule has 0 saturated carbocycles. The van der Waals surface area contributed by atoms with E-state index in [0.29, 0.717) is 29.4 Å². The van der Waals surface area contributed by atoms with Crippen LogP contribution in [-0.2, 0) is 0 Å². The lowest BCUT2D eigenvalue weighted by Gasteiger charge is -2.17. The molecule has 1 heterocycles. The second-order valence-corrected chi connectivity index (χ2v) is 4.76. The van der Waals surface area contributed by atoms with E-state index in [0.717, 1.165) is 6.42 Å². The molecule has 1 aromatic carbocycles. The van der Waals surface area contributed by atoms with Crippen LogP contribution in [0.25, 0.3) is 0 Å². The summed E-state index contributed by atoms with van der Waals surface area (Å²) >= 11 is 5.79. The number of likely N-dealkylation sites (tertiary alicyclic amines) is 1. The van der Waals surface area contributed by atoms with E-state index in [4.69, 9.17) is 22.4 Å². The first-order valence-corrected chi connectivity index (χ1v) is 5.94. The van der Waals surface area contributed by atoms with Gasteiger partial charge in [0.1, 0.15) is 0 Å². The molecule has 1 amide bonds. The zero-order valence-corrected chi connectivity index (χ0v) is 10.2. The summed E-state index contributed by atoms with van der Waals surface area (Å²) in [5, 5.41) is 9.57. The topological polar surface area (TPSA) is 66.6 Å². The fourth-order valence-electron chi connectivity index (χ4n) is 2.06. The smallest absolute Gasteiger partial charge is 0.255 e. The Morgan fingerprint density at radius 2 is 2.35 bits per heavy atom. The highest BCUT2D eigenvalue weighted by atomic mass is 35.5. The fourth-order valence-corrected chi connectivity index (χ4v) is 2.25. The van der Waals surface area contributed by atoms with E-state index in [1.165, 1.54) is 0 Å². The van der Waals surface area contributed by atoms with Crippen LogP contribution in [-0.4, -0.2) is 35.6 Å². The molecule has 1 aromatic rings. The van der Waals surface area contributed by atoms with Gasteiger partial charge in [0.05, 0.1) is 5.56 Å². The van der Waals surface area contributed by atoms with Gasteiger partial charge in [0.25, 0.3) is 5.91 Å². The third kappa shape index (κ3) is 2.53. The molecule has 5 heteroatoms. The first-order chi connectivity index (χ1) is 8.11. The van der Waals surface area contributed by atoms with Crippen LogP contribution in [0.5, 0.6) is 0 Å². The Hall–Kier alpha value is -1.26. The van der Waals surface area contributed by atoms with Gasteiger partial charge >= 0.3 is 0 Å². The van der Waals surface area contributed by atoms with Crippen LogP contribution in [0.4, 0.5) is 5.69 Å². The van der Waals surface area contributed by atoms with Gasteiger partial charge in [-0.15, -0.1) is 0 Å². The predicted octanol–water partition coefficient (Wildman–Crippen LogP) is 1.38. The number of nitrogens with zero attached hydrogens (tertiary/aromatic N) is 1. The van der Waals surface area contributed by atoms with Crippen molar-refractivity contribution in [2.45, 2.75) is 6.42 Å². The number of nitrogens with two attached hydrogens (primary N) is 1. The standard InChI is InChI=1S/C12H15ClN2O2/c13-9-1-2-10(11(14)5-9)12(17)15-4-3-8(6-15)7-16/h1-2,5,8,16H,3-4,6-7,14H2. The third-order valence-electron chi connectivity index (χ3n) is 3.08. The van der Waals surface area contributed by atoms with E-state index in [2.05, 4.69) is 0 Å². The second kappa shape index (κ2) is 4.94. The minimum atomic E-state index is -0.0879. The number of rotatable bonds is 2. The Balaban J connectivity index is 2.15. The number of carbonyl (C=O) groups excluding carboxylic acids is 1. The number of amides is 1. The molecule has 0 spiro atoms. The fraction of sp³-hybridized carbons (Fsp3) is 0.417. The summed E-state index contributed by atoms with van der Waals surface area (Å²) in [4.78, 5) is 13.9. The number of carbonyl (C=O) groups is 1. The van der Waals surface area contributed by atoms with Crippen molar-refractivity contribution in [2.24, 2.45) is 5.92 Å². The van der Waals surface area contributed by atoms with Gasteiger partial charge in [-0.2, -0.15) is 0 Å². The average Bonchev–Trinajstić information content (AvgIpc) is 2.76. The van der Waals surface area contributed by atoms with Gasteiger partial charge in [0, 0.05) is 36.3 Å². The van der Waals surface area contributed by atoms with E-state index in [1.54, 1.807) is 23.1 Å². The third-order valence-corrected chi connectivity index (χ3v) is 3.31. The number of halogens is 1. The summed E-state index contributed by atoms with van der Waals surface area (Å²) in [6, 6.07) is 4.88. The number of aliphatic hydroxyl groups is 1. The van der Waals surface area contributed by atoms with Crippen LogP contribution >= 0.6 is 11.6 Å². The van der Waals surface area contributed by atoms with Gasteiger partial charge < -0.3 is 15.7 Å². The molecule has 2 rings (SSSR count). The van der Waals surface area contributed by atoms with Crippen molar-refractivity contribution in [3.05, 3.63) is 28.8 Å². The van der Waals surface area contributed by atoms with Crippen LogP contribution in [0.3, 0.4) is 0 Å². The summed E-state index contributed by atoms with van der Waals surface area (Å²) in [6.45, 7) is 1.39. The molecule has 1 fully saturated rings. The summed E-state index contributed by atoms with van der Waals surface area (Å²) in [5.74, 6) is 0.0996. The van der Waals surface area contributed by atoms with Gasteiger partial charge in [-0.05, 0) is 24.6 Å². The quantitative estimate of drug-likeness (QED) is 0.784. The minimum Gasteiger partial charge on any atom is -0.398 e. The number of hydrogen-bond donors (Lipinski definition) is 2. The number of anilines is 1. The Bertz CT molecular complexity index is 437. The Labute approximate surface area is 105 Å². The maximum absolute atomic E-state index is 12.2. The zero-order valence-electron chi connectivity index (χ0n) is 9.40. The number of hydrogen-bond acceptors (Lipinski definition) is 3. The Kier molecular flexibility index (Phi) is 3.54. The monoisotopic (exact) mass is 254 g/mol. The normalized spacial score (nSPS) is 19.6. The van der Waals surface area contributed by atoms with E-state index in [-0.39, 0.29) is 18.4 Å². The Morgan fingerprint density at radius 1 is 1.59 bits per heavy atom. The lowest BCUT2D eigenvalue weighted by Crippen LogP contribution is -2.29. The molecular formula is C12H15ClN2O2. The molecule has 0 bridgehead atoms. The lowest BCUT2D eigenvalue weighted by molar-refractivity contribution is 0.0783. The van der Waals surface area contributed by atoms with E-state index >= 15 is 0 Å². The van der Waals surface area contributed by atoms with Crippen molar-refractivity contribution in [1.29, 1.82) is 0 Å². The number of aliphatic hydroxyl groups excluding tert-OH is 1. The summed E-state index contributed by atoms with van der Waals surface area (Å²) < 4.78 is 0. The summed E-state index contributed by atoms with van der Waals surface area (Å²) in [6.07, 6.45) is 0.843. The average molecular weight is 255 g/mol. The van der Waals surface area contributed by atoms with Crippen molar-refractivity contribution in [3.8, 4) is 0 Å². The van der Waals surface area contributed by atoms with Gasteiger partial charge in [-0.25, -0.2) is 0 Å². The molecule has 3 N–H and O–H groups in total. The summed E-state index contributed by atoms with van der Waals surface area (Å²) in [7, 11) is 0. The van der Waals surface area contributed by atoms with Crippen molar-refractivity contribution in [1.82, 2.24) is 4.90 Å². The molecule has 1 unspecified atom stereocenters. The first kappa shape index (κ1) is 12.2. The molecule has 1 saturated heterocycles. The largest absolute Gasteiger partial charge is 0.398 e. The first-order valence-electron chi connectivity index (χ1n) is 5.57. The predicted molar refractivity (Wildman–Crippen MR) is 67.0 cm³/mol. The van der Waals surface area contributed by atoms with Gasteiger partial charge in [0.2, 0.25) is 0 Å². The van der Waals surface area contributed by atoms with Crippen LogP contribution in [0.15, 0.2) is 18.2 Å². The molecule has 92 valence electrons. The van der Waals surface area contributed by atoms with Gasteiger partial charge in [-0.1, -0.05) is 11.6 Å². The second-order valence-electron chi connectivity index (χ2n) is 4.32. The molecule has 4 nitrogen and oxygen atoms in total. The van der Waals surface area contributed by atoms with E-state index < -0.39 is 0 Å². The molecule has 1 atom stereocenters. The lowest BCUT2D eigenvalue weighted by atomic mass is 10.1. The van der Waals surface area contributed by atoms with Crippen molar-refractivity contribution >= 4 is 23.2 Å². The molecular weight excluding hydrogens is 240 g/mol. The van der Waals surface area contributed by atoms with Gasteiger partial charge in [-0.3, -0.25) is 4.79 Å². The highest BCUT2D eigenvalue weighted by Gasteiger charge is 2.27. The molecule has 0 radical (unpaired) electrons. The Morgan fingerprint density at radius 3 is 2.94 bits per heavy atom. The van der Waals surface area contributed by atoms with E-state index in [1.807, 2.05) is 0 Å². The highest BCUT2D eigenvalue weighted by Crippen LogP contribution is 2.23. The molecule has 0 aliphatic carbocycles. The van der Waals surface area contributed by atoms with Crippen LogP contribution in [0.2, 0.25) is 5.02 Å². The van der Waals surface area contributed by atoms with Crippen LogP contribution < -0.4 is 5.73 Å². The zero-order chi connectivity index (χ0) is 12.4. The maximum atomic E-state index is 12.2. The summed E-state index contributed by atoms with van der Waals surface area (Å²) in [5.41, 5.74) is 6.65. The SMILES string of the molecule is Nc1cc(Cl)ccc1C(=O)N1CCC(CO)C1. The van der Waals surface area contributed by atoms with Gasteiger partial charge in [0.15, 0.2) is 0 Å². The van der Waals surface area contributed by atoms with Crippen molar-refractivity contribution < 1.29 is 9.90 Å². The molecule has 0 aromatic heterocycles. The minimum absolute atomic E-state index is 0.0879.